The fraction of sp³-hybridized carbons (Fsp3) is 0.909. The lowest BCUT2D eigenvalue weighted by molar-refractivity contribution is -0.00241. The molecule has 2 N–H and O–H groups in total. The summed E-state index contributed by atoms with van der Waals surface area (Å²) in [6.07, 6.45) is 5.44. The fourth-order valence-corrected chi connectivity index (χ4v) is 1.99. The van der Waals surface area contributed by atoms with Gasteiger partial charge in [0.05, 0.1) is 12.7 Å². The van der Waals surface area contributed by atoms with Gasteiger partial charge in [-0.15, -0.1) is 0 Å². The number of amides is 2. The van der Waals surface area contributed by atoms with Crippen LogP contribution in [0.5, 0.6) is 0 Å². The first-order valence-corrected chi connectivity index (χ1v) is 5.81. The number of carbonyl (C=O) groups is 1. The third-order valence-electron chi connectivity index (χ3n) is 2.98. The average Bonchev–Trinajstić information content (AvgIpc) is 2.26. The standard InChI is InChI=1S/C11H22N2O2/c1-9-5-3-4-6-10(9)15-8-7-13-11(14)12-2/h9-10H,3-8H2,1-2H3,(H2,12,13,14). The molecule has 1 saturated carbocycles. The lowest BCUT2D eigenvalue weighted by Gasteiger charge is -2.28. The monoisotopic (exact) mass is 214 g/mol. The quantitative estimate of drug-likeness (QED) is 0.697. The van der Waals surface area contributed by atoms with E-state index >= 15 is 0 Å². The van der Waals surface area contributed by atoms with Gasteiger partial charge in [-0.05, 0) is 18.8 Å². The molecule has 2 atom stereocenters. The van der Waals surface area contributed by atoms with Gasteiger partial charge in [0.2, 0.25) is 0 Å². The van der Waals surface area contributed by atoms with E-state index < -0.39 is 0 Å². The van der Waals surface area contributed by atoms with Crippen molar-refractivity contribution in [3.05, 3.63) is 0 Å². The lowest BCUT2D eigenvalue weighted by Crippen LogP contribution is -2.36. The summed E-state index contributed by atoms with van der Waals surface area (Å²) in [5.74, 6) is 0.666. The molecule has 0 aromatic rings. The molecule has 0 aromatic heterocycles. The first kappa shape index (κ1) is 12.3. The van der Waals surface area contributed by atoms with Crippen LogP contribution in [0.25, 0.3) is 0 Å². The summed E-state index contributed by atoms with van der Waals surface area (Å²) >= 11 is 0. The predicted octanol–water partition coefficient (Wildman–Crippen LogP) is 1.51. The second kappa shape index (κ2) is 6.67. The minimum atomic E-state index is -0.143. The minimum absolute atomic E-state index is 0.143. The van der Waals surface area contributed by atoms with Crippen LogP contribution >= 0.6 is 0 Å². The highest BCUT2D eigenvalue weighted by molar-refractivity contribution is 5.73. The molecular formula is C11H22N2O2. The Morgan fingerprint density at radius 2 is 2.13 bits per heavy atom. The van der Waals surface area contributed by atoms with E-state index in [9.17, 15) is 4.79 Å². The third-order valence-corrected chi connectivity index (χ3v) is 2.98. The van der Waals surface area contributed by atoms with Gasteiger partial charge in [0.1, 0.15) is 0 Å². The van der Waals surface area contributed by atoms with E-state index in [0.717, 1.165) is 0 Å². The van der Waals surface area contributed by atoms with Gasteiger partial charge in [-0.3, -0.25) is 0 Å². The van der Waals surface area contributed by atoms with Gasteiger partial charge >= 0.3 is 6.03 Å². The largest absolute Gasteiger partial charge is 0.376 e. The third kappa shape index (κ3) is 4.51. The molecule has 0 aliphatic heterocycles. The molecular weight excluding hydrogens is 192 g/mol. The number of ether oxygens (including phenoxy) is 1. The van der Waals surface area contributed by atoms with E-state index in [1.165, 1.54) is 25.7 Å². The second-order valence-electron chi connectivity index (χ2n) is 4.18. The zero-order chi connectivity index (χ0) is 11.1. The molecule has 0 radical (unpaired) electrons. The summed E-state index contributed by atoms with van der Waals surface area (Å²) in [4.78, 5) is 10.8. The summed E-state index contributed by atoms with van der Waals surface area (Å²) in [7, 11) is 1.61. The Morgan fingerprint density at radius 3 is 2.80 bits per heavy atom. The summed E-state index contributed by atoms with van der Waals surface area (Å²) in [5, 5.41) is 5.22. The van der Waals surface area contributed by atoms with Crippen molar-refractivity contribution in [1.29, 1.82) is 0 Å². The van der Waals surface area contributed by atoms with Crippen LogP contribution in [0.4, 0.5) is 4.79 Å². The van der Waals surface area contributed by atoms with Gasteiger partial charge in [-0.1, -0.05) is 19.8 Å². The summed E-state index contributed by atoms with van der Waals surface area (Å²) < 4.78 is 5.75. The van der Waals surface area contributed by atoms with Crippen molar-refractivity contribution in [1.82, 2.24) is 10.6 Å². The molecule has 15 heavy (non-hydrogen) atoms. The summed E-state index contributed by atoms with van der Waals surface area (Å²) in [5.41, 5.74) is 0. The van der Waals surface area contributed by atoms with Crippen LogP contribution in [-0.2, 0) is 4.74 Å². The Hall–Kier alpha value is -0.770. The minimum Gasteiger partial charge on any atom is -0.376 e. The number of nitrogens with one attached hydrogen (secondary N) is 2. The lowest BCUT2D eigenvalue weighted by atomic mass is 9.88. The molecule has 1 aliphatic carbocycles. The molecule has 1 fully saturated rings. The van der Waals surface area contributed by atoms with Crippen LogP contribution in [0.15, 0.2) is 0 Å². The van der Waals surface area contributed by atoms with E-state index in [2.05, 4.69) is 17.6 Å². The van der Waals surface area contributed by atoms with Gasteiger partial charge < -0.3 is 15.4 Å². The molecule has 2 amide bonds. The normalized spacial score (nSPS) is 26.0. The highest BCUT2D eigenvalue weighted by Crippen LogP contribution is 2.25. The zero-order valence-electron chi connectivity index (χ0n) is 9.71. The van der Waals surface area contributed by atoms with Crippen molar-refractivity contribution in [2.75, 3.05) is 20.2 Å². The number of urea groups is 1. The smallest absolute Gasteiger partial charge is 0.314 e. The number of carbonyl (C=O) groups excluding carboxylic acids is 1. The Bertz CT molecular complexity index is 197. The van der Waals surface area contributed by atoms with Crippen LogP contribution in [0.1, 0.15) is 32.6 Å². The van der Waals surface area contributed by atoms with Gasteiger partial charge in [-0.25, -0.2) is 4.79 Å². The maximum atomic E-state index is 10.8. The molecule has 0 bridgehead atoms. The molecule has 0 aromatic carbocycles. The van der Waals surface area contributed by atoms with Crippen LogP contribution in [0, 0.1) is 5.92 Å². The second-order valence-corrected chi connectivity index (χ2v) is 4.18. The average molecular weight is 214 g/mol. The van der Waals surface area contributed by atoms with Gasteiger partial charge in [0, 0.05) is 13.6 Å². The van der Waals surface area contributed by atoms with Crippen molar-refractivity contribution in [2.45, 2.75) is 38.7 Å². The van der Waals surface area contributed by atoms with E-state index in [0.29, 0.717) is 25.2 Å². The van der Waals surface area contributed by atoms with E-state index in [1.807, 2.05) is 0 Å². The maximum absolute atomic E-state index is 10.8. The number of hydrogen-bond acceptors (Lipinski definition) is 2. The first-order chi connectivity index (χ1) is 7.24. The Labute approximate surface area is 91.8 Å². The van der Waals surface area contributed by atoms with Crippen molar-refractivity contribution < 1.29 is 9.53 Å². The highest BCUT2D eigenvalue weighted by Gasteiger charge is 2.21. The topological polar surface area (TPSA) is 50.4 Å². The molecule has 0 saturated heterocycles. The SMILES string of the molecule is CNC(=O)NCCOC1CCCCC1C. The van der Waals surface area contributed by atoms with E-state index in [1.54, 1.807) is 7.05 Å². The zero-order valence-corrected chi connectivity index (χ0v) is 9.71. The van der Waals surface area contributed by atoms with Crippen molar-refractivity contribution >= 4 is 6.03 Å². The predicted molar refractivity (Wildman–Crippen MR) is 59.8 cm³/mol. The summed E-state index contributed by atoms with van der Waals surface area (Å²) in [6.45, 7) is 3.45. The van der Waals surface area contributed by atoms with Crippen LogP contribution in [-0.4, -0.2) is 32.3 Å². The van der Waals surface area contributed by atoms with Crippen molar-refractivity contribution in [3.63, 3.8) is 0 Å². The number of rotatable bonds is 4. The Balaban J connectivity index is 2.06. The van der Waals surface area contributed by atoms with E-state index in [4.69, 9.17) is 4.74 Å². The van der Waals surface area contributed by atoms with Gasteiger partial charge in [0.15, 0.2) is 0 Å². The fourth-order valence-electron chi connectivity index (χ4n) is 1.99. The van der Waals surface area contributed by atoms with Crippen molar-refractivity contribution in [2.24, 2.45) is 5.92 Å². The van der Waals surface area contributed by atoms with Crippen LogP contribution in [0.3, 0.4) is 0 Å². The van der Waals surface area contributed by atoms with Crippen LogP contribution < -0.4 is 10.6 Å². The molecule has 0 heterocycles. The van der Waals surface area contributed by atoms with Crippen LogP contribution in [0.2, 0.25) is 0 Å². The molecule has 1 rings (SSSR count). The molecule has 0 spiro atoms. The van der Waals surface area contributed by atoms with E-state index in [-0.39, 0.29) is 6.03 Å². The summed E-state index contributed by atoms with van der Waals surface area (Å²) in [6, 6.07) is -0.143. The van der Waals surface area contributed by atoms with Gasteiger partial charge in [0.25, 0.3) is 0 Å². The molecule has 2 unspecified atom stereocenters. The Kier molecular flexibility index (Phi) is 5.47. The number of hydrogen-bond donors (Lipinski definition) is 2. The molecule has 4 nitrogen and oxygen atoms in total. The maximum Gasteiger partial charge on any atom is 0.314 e. The Morgan fingerprint density at radius 1 is 1.40 bits per heavy atom. The molecule has 88 valence electrons. The highest BCUT2D eigenvalue weighted by atomic mass is 16.5. The molecule has 4 heteroatoms. The first-order valence-electron chi connectivity index (χ1n) is 5.81. The molecule has 1 aliphatic rings. The van der Waals surface area contributed by atoms with Crippen molar-refractivity contribution in [3.8, 4) is 0 Å². The van der Waals surface area contributed by atoms with Gasteiger partial charge in [-0.2, -0.15) is 0 Å².